The number of rotatable bonds is 6. The molecule has 0 unspecified atom stereocenters. The molecule has 0 spiro atoms. The molecule has 0 aromatic heterocycles. The summed E-state index contributed by atoms with van der Waals surface area (Å²) >= 11 is 3.34. The van der Waals surface area contributed by atoms with E-state index < -0.39 is 0 Å². The summed E-state index contributed by atoms with van der Waals surface area (Å²) in [6.07, 6.45) is 0. The fourth-order valence-corrected chi connectivity index (χ4v) is 4.31. The van der Waals surface area contributed by atoms with Crippen LogP contribution in [0.4, 0.5) is 11.4 Å². The van der Waals surface area contributed by atoms with Gasteiger partial charge in [-0.15, -0.1) is 0 Å². The molecule has 0 radical (unpaired) electrons. The second-order valence-corrected chi connectivity index (χ2v) is 8.48. The van der Waals surface area contributed by atoms with Crippen LogP contribution in [0.1, 0.15) is 0 Å². The average molecular weight is 415 g/mol. The highest BCUT2D eigenvalue weighted by Gasteiger charge is 2.06. The molecule has 4 aromatic carbocycles. The first-order chi connectivity index (χ1) is 14.3. The Morgan fingerprint density at radius 3 is 1.41 bits per heavy atom. The van der Waals surface area contributed by atoms with E-state index in [0.29, 0.717) is 16.2 Å². The molecule has 0 aliphatic heterocycles. The molecule has 0 aliphatic rings. The normalized spacial score (nSPS) is 11.4. The predicted molar refractivity (Wildman–Crippen MR) is 119 cm³/mol. The number of azo groups is 1. The Morgan fingerprint density at radius 1 is 0.517 bits per heavy atom. The van der Waals surface area contributed by atoms with E-state index in [-0.39, 0.29) is 0 Å². The van der Waals surface area contributed by atoms with Crippen molar-refractivity contribution in [3.8, 4) is 0 Å². The summed E-state index contributed by atoms with van der Waals surface area (Å²) in [5, 5.41) is 16.6. The molecule has 0 bridgehead atoms. The van der Waals surface area contributed by atoms with Crippen LogP contribution in [0.25, 0.3) is 0 Å². The number of benzene rings is 4. The maximum Gasteiger partial charge on any atom is 0.244 e. The summed E-state index contributed by atoms with van der Waals surface area (Å²) in [5.41, 5.74) is 1.13. The van der Waals surface area contributed by atoms with E-state index in [1.807, 2.05) is 72.8 Å². The Kier molecular flexibility index (Phi) is 6.29. The fraction of sp³-hybridized carbons (Fsp3) is 0. The molecular formula is C24H18N2OS2. The van der Waals surface area contributed by atoms with Crippen LogP contribution in [0.3, 0.4) is 0 Å². The summed E-state index contributed by atoms with van der Waals surface area (Å²) in [6, 6.07) is 35.5. The van der Waals surface area contributed by atoms with Crippen molar-refractivity contribution in [2.24, 2.45) is 5.11 Å². The SMILES string of the molecule is [O-][N+](=Nc1ccc(Sc2ccccc2)cc1)c1ccc(Sc2ccccc2)cc1. The van der Waals surface area contributed by atoms with Gasteiger partial charge in [-0.25, -0.2) is 0 Å². The summed E-state index contributed by atoms with van der Waals surface area (Å²) in [5.74, 6) is 0. The van der Waals surface area contributed by atoms with Crippen LogP contribution < -0.4 is 0 Å². The molecule has 0 amide bonds. The molecule has 5 heteroatoms. The Labute approximate surface area is 178 Å². The first kappa shape index (κ1) is 19.3. The topological polar surface area (TPSA) is 38.4 Å². The molecule has 142 valence electrons. The van der Waals surface area contributed by atoms with Crippen LogP contribution in [0.2, 0.25) is 0 Å². The quantitative estimate of drug-likeness (QED) is 0.183. The lowest BCUT2D eigenvalue weighted by atomic mass is 10.3. The van der Waals surface area contributed by atoms with Gasteiger partial charge in [-0.3, -0.25) is 0 Å². The third kappa shape index (κ3) is 5.50. The van der Waals surface area contributed by atoms with Crippen LogP contribution in [-0.4, -0.2) is 4.86 Å². The van der Waals surface area contributed by atoms with Crippen molar-refractivity contribution in [3.05, 3.63) is 114 Å². The summed E-state index contributed by atoms with van der Waals surface area (Å²) in [4.78, 5) is 5.19. The Balaban J connectivity index is 1.42. The minimum atomic E-state index is 0.505. The van der Waals surface area contributed by atoms with Crippen molar-refractivity contribution < 1.29 is 4.86 Å². The third-order valence-electron chi connectivity index (χ3n) is 4.06. The minimum absolute atomic E-state index is 0.505. The van der Waals surface area contributed by atoms with Crippen LogP contribution in [0.5, 0.6) is 0 Å². The van der Waals surface area contributed by atoms with E-state index >= 15 is 0 Å². The van der Waals surface area contributed by atoms with E-state index in [0.717, 1.165) is 14.7 Å². The Hall–Kier alpha value is -3.02. The molecule has 29 heavy (non-hydrogen) atoms. The van der Waals surface area contributed by atoms with Crippen LogP contribution in [0, 0.1) is 5.21 Å². The highest BCUT2D eigenvalue weighted by molar-refractivity contribution is 7.99. The van der Waals surface area contributed by atoms with Gasteiger partial charge in [-0.1, -0.05) is 64.8 Å². The van der Waals surface area contributed by atoms with Gasteiger partial charge in [-0.2, -0.15) is 0 Å². The minimum Gasteiger partial charge on any atom is -0.594 e. The Morgan fingerprint density at radius 2 is 0.931 bits per heavy atom. The van der Waals surface area contributed by atoms with Gasteiger partial charge in [0.15, 0.2) is 0 Å². The smallest absolute Gasteiger partial charge is 0.244 e. The molecular weight excluding hydrogens is 396 g/mol. The Bertz CT molecular complexity index is 1080. The van der Waals surface area contributed by atoms with Crippen molar-refractivity contribution in [2.75, 3.05) is 0 Å². The summed E-state index contributed by atoms with van der Waals surface area (Å²) in [6.45, 7) is 0. The van der Waals surface area contributed by atoms with Gasteiger partial charge >= 0.3 is 0 Å². The first-order valence-electron chi connectivity index (χ1n) is 9.11. The van der Waals surface area contributed by atoms with Gasteiger partial charge in [0.05, 0.1) is 0 Å². The molecule has 0 fully saturated rings. The lowest BCUT2D eigenvalue weighted by molar-refractivity contribution is -0.435. The van der Waals surface area contributed by atoms with E-state index in [2.05, 4.69) is 29.4 Å². The average Bonchev–Trinajstić information content (AvgIpc) is 2.77. The zero-order valence-corrected chi connectivity index (χ0v) is 17.1. The summed E-state index contributed by atoms with van der Waals surface area (Å²) < 4.78 is 0. The van der Waals surface area contributed by atoms with Gasteiger partial charge in [0.2, 0.25) is 5.69 Å². The molecule has 0 saturated heterocycles. The molecule has 0 heterocycles. The number of hydrogen-bond acceptors (Lipinski definition) is 4. The van der Waals surface area contributed by atoms with Gasteiger partial charge in [-0.05, 0) is 60.7 Å². The van der Waals surface area contributed by atoms with Crippen molar-refractivity contribution in [3.63, 3.8) is 0 Å². The maximum absolute atomic E-state index is 12.4. The van der Waals surface area contributed by atoms with Gasteiger partial charge < -0.3 is 5.21 Å². The molecule has 0 N–H and O–H groups in total. The zero-order valence-electron chi connectivity index (χ0n) is 15.5. The van der Waals surface area contributed by atoms with Crippen LogP contribution >= 0.6 is 23.5 Å². The van der Waals surface area contributed by atoms with Crippen molar-refractivity contribution in [1.82, 2.24) is 0 Å². The molecule has 0 atom stereocenters. The second-order valence-electron chi connectivity index (χ2n) is 6.19. The van der Waals surface area contributed by atoms with E-state index in [4.69, 9.17) is 0 Å². The van der Waals surface area contributed by atoms with Crippen LogP contribution in [-0.2, 0) is 0 Å². The monoisotopic (exact) mass is 414 g/mol. The van der Waals surface area contributed by atoms with Gasteiger partial charge in [0.1, 0.15) is 5.69 Å². The van der Waals surface area contributed by atoms with Crippen molar-refractivity contribution >= 4 is 34.9 Å². The summed E-state index contributed by atoms with van der Waals surface area (Å²) in [7, 11) is 0. The lowest BCUT2D eigenvalue weighted by Gasteiger charge is -2.04. The highest BCUT2D eigenvalue weighted by Crippen LogP contribution is 2.30. The number of nitrogens with zero attached hydrogens (tertiary/aromatic N) is 2. The van der Waals surface area contributed by atoms with E-state index in [9.17, 15) is 5.21 Å². The first-order valence-corrected chi connectivity index (χ1v) is 10.7. The van der Waals surface area contributed by atoms with E-state index in [1.165, 1.54) is 4.90 Å². The standard InChI is InChI=1S/C24H18N2OS2/c27-26(20-13-17-24(18-14-20)29-22-9-5-2-6-10-22)25-19-11-15-23(16-12-19)28-21-7-3-1-4-8-21/h1-18H. The fourth-order valence-electron chi connectivity index (χ4n) is 2.63. The van der Waals surface area contributed by atoms with Gasteiger partial charge in [0, 0.05) is 36.8 Å². The zero-order chi connectivity index (χ0) is 19.9. The maximum atomic E-state index is 12.4. The van der Waals surface area contributed by atoms with Crippen molar-refractivity contribution in [2.45, 2.75) is 19.6 Å². The predicted octanol–water partition coefficient (Wildman–Crippen LogP) is 7.91. The molecule has 4 aromatic rings. The van der Waals surface area contributed by atoms with E-state index in [1.54, 1.807) is 35.7 Å². The second kappa shape index (κ2) is 9.45. The molecule has 0 saturated carbocycles. The third-order valence-corrected chi connectivity index (χ3v) is 6.09. The molecule has 0 aliphatic carbocycles. The lowest BCUT2D eigenvalue weighted by Crippen LogP contribution is -1.90. The van der Waals surface area contributed by atoms with Crippen LogP contribution in [0.15, 0.2) is 134 Å². The number of hydrogen-bond donors (Lipinski definition) is 0. The largest absolute Gasteiger partial charge is 0.594 e. The van der Waals surface area contributed by atoms with Gasteiger partial charge in [0.25, 0.3) is 0 Å². The molecule has 4 rings (SSSR count). The molecule has 3 nitrogen and oxygen atoms in total. The highest BCUT2D eigenvalue weighted by atomic mass is 32.2. The van der Waals surface area contributed by atoms with Crippen molar-refractivity contribution in [1.29, 1.82) is 0 Å².